The first-order valence-electron chi connectivity index (χ1n) is 8.53. The molecule has 0 aliphatic heterocycles. The van der Waals surface area contributed by atoms with Crippen molar-refractivity contribution in [1.82, 2.24) is 9.88 Å². The number of carbonyl (C=O) groups excluding carboxylic acids is 1. The highest BCUT2D eigenvalue weighted by Gasteiger charge is 2.26. The van der Waals surface area contributed by atoms with E-state index < -0.39 is 0 Å². The maximum Gasteiger partial charge on any atom is 0.253 e. The molecule has 0 bridgehead atoms. The average Bonchev–Trinajstić information content (AvgIpc) is 2.47. The van der Waals surface area contributed by atoms with E-state index in [1.54, 1.807) is 18.0 Å². The predicted molar refractivity (Wildman–Crippen MR) is 90.5 cm³/mol. The van der Waals surface area contributed by atoms with Crippen LogP contribution in [0.15, 0.2) is 16.9 Å². The maximum atomic E-state index is 12.6. The summed E-state index contributed by atoms with van der Waals surface area (Å²) in [6.45, 7) is 4.68. The molecule has 2 unspecified atom stereocenters. The predicted octanol–water partition coefficient (Wildman–Crippen LogP) is 2.20. The van der Waals surface area contributed by atoms with Gasteiger partial charge in [-0.05, 0) is 31.2 Å². The third kappa shape index (κ3) is 4.93. The van der Waals surface area contributed by atoms with E-state index in [0.717, 1.165) is 37.8 Å². The van der Waals surface area contributed by atoms with E-state index in [4.69, 9.17) is 0 Å². The topological polar surface area (TPSA) is 73.4 Å². The van der Waals surface area contributed by atoms with Crippen LogP contribution < -0.4 is 5.56 Å². The van der Waals surface area contributed by atoms with E-state index in [-0.39, 0.29) is 23.5 Å². The Morgan fingerprint density at radius 2 is 2.04 bits per heavy atom. The van der Waals surface area contributed by atoms with Crippen molar-refractivity contribution in [3.8, 4) is 0 Å². The average molecular weight is 320 g/mol. The molecule has 1 aromatic rings. The van der Waals surface area contributed by atoms with Crippen LogP contribution in [0.2, 0.25) is 0 Å². The second kappa shape index (κ2) is 7.77. The Kier molecular flexibility index (Phi) is 5.99. The monoisotopic (exact) mass is 320 g/mol. The van der Waals surface area contributed by atoms with Crippen LogP contribution in [0.4, 0.5) is 0 Å². The number of nitrogens with one attached hydrogen (secondary N) is 1. The third-order valence-corrected chi connectivity index (χ3v) is 4.50. The molecule has 1 aliphatic carbocycles. The van der Waals surface area contributed by atoms with Crippen LogP contribution in [0.5, 0.6) is 0 Å². The molecule has 2 rings (SSSR count). The summed E-state index contributed by atoms with van der Waals surface area (Å²) in [6.07, 6.45) is 4.34. The van der Waals surface area contributed by atoms with Gasteiger partial charge >= 0.3 is 0 Å². The molecule has 1 fully saturated rings. The molecule has 1 saturated carbocycles. The number of aromatic nitrogens is 1. The van der Waals surface area contributed by atoms with Crippen molar-refractivity contribution >= 4 is 5.91 Å². The molecule has 128 valence electrons. The number of aliphatic hydroxyl groups excluding tert-OH is 1. The first-order chi connectivity index (χ1) is 10.9. The van der Waals surface area contributed by atoms with E-state index in [9.17, 15) is 14.7 Å². The SMILES string of the molecule is CC(C)Cc1cc(C(=O)N(C)CC2CCCCC2O)cc(=O)[nH]1. The Morgan fingerprint density at radius 3 is 2.70 bits per heavy atom. The summed E-state index contributed by atoms with van der Waals surface area (Å²) >= 11 is 0. The zero-order valence-corrected chi connectivity index (χ0v) is 14.3. The number of aromatic amines is 1. The lowest BCUT2D eigenvalue weighted by molar-refractivity contribution is 0.0451. The largest absolute Gasteiger partial charge is 0.393 e. The van der Waals surface area contributed by atoms with E-state index in [1.165, 1.54) is 6.07 Å². The molecule has 0 spiro atoms. The summed E-state index contributed by atoms with van der Waals surface area (Å²) in [5.41, 5.74) is 0.983. The van der Waals surface area contributed by atoms with Crippen LogP contribution in [0, 0.1) is 11.8 Å². The summed E-state index contributed by atoms with van der Waals surface area (Å²) in [5.74, 6) is 0.389. The summed E-state index contributed by atoms with van der Waals surface area (Å²) < 4.78 is 0. The molecule has 0 radical (unpaired) electrons. The van der Waals surface area contributed by atoms with Crippen molar-refractivity contribution in [3.05, 3.63) is 33.7 Å². The quantitative estimate of drug-likeness (QED) is 0.873. The number of nitrogens with zero attached hydrogens (tertiary/aromatic N) is 1. The Bertz CT molecular complexity index is 594. The van der Waals surface area contributed by atoms with Gasteiger partial charge in [0.25, 0.3) is 5.91 Å². The van der Waals surface area contributed by atoms with Crippen LogP contribution in [0.25, 0.3) is 0 Å². The van der Waals surface area contributed by atoms with Crippen LogP contribution in [0.1, 0.15) is 55.6 Å². The summed E-state index contributed by atoms with van der Waals surface area (Å²) in [7, 11) is 1.74. The second-order valence-corrected chi connectivity index (χ2v) is 7.15. The molecule has 2 atom stereocenters. The minimum Gasteiger partial charge on any atom is -0.393 e. The number of pyridine rings is 1. The molecule has 1 aromatic heterocycles. The van der Waals surface area contributed by atoms with Gasteiger partial charge in [0.1, 0.15) is 0 Å². The number of hydrogen-bond acceptors (Lipinski definition) is 3. The first-order valence-corrected chi connectivity index (χ1v) is 8.53. The van der Waals surface area contributed by atoms with Crippen LogP contribution in [-0.2, 0) is 6.42 Å². The summed E-state index contributed by atoms with van der Waals surface area (Å²) in [6, 6.07) is 3.14. The van der Waals surface area contributed by atoms with Crippen molar-refractivity contribution in [2.75, 3.05) is 13.6 Å². The number of carbonyl (C=O) groups is 1. The number of rotatable bonds is 5. The van der Waals surface area contributed by atoms with Gasteiger partial charge in [-0.2, -0.15) is 0 Å². The minimum absolute atomic E-state index is 0.134. The number of hydrogen-bond donors (Lipinski definition) is 2. The normalized spacial score (nSPS) is 21.4. The standard InChI is InChI=1S/C18H28N2O3/c1-12(2)8-15-9-14(10-17(22)19-15)18(23)20(3)11-13-6-4-5-7-16(13)21/h9-10,12-13,16,21H,4-8,11H2,1-3H3,(H,19,22). The lowest BCUT2D eigenvalue weighted by Gasteiger charge is -2.31. The Labute approximate surface area is 137 Å². The minimum atomic E-state index is -0.324. The van der Waals surface area contributed by atoms with Gasteiger partial charge in [-0.25, -0.2) is 0 Å². The van der Waals surface area contributed by atoms with E-state index in [0.29, 0.717) is 18.0 Å². The number of amides is 1. The highest BCUT2D eigenvalue weighted by Crippen LogP contribution is 2.25. The van der Waals surface area contributed by atoms with Gasteiger partial charge in [-0.1, -0.05) is 26.7 Å². The highest BCUT2D eigenvalue weighted by molar-refractivity contribution is 5.94. The molecule has 5 nitrogen and oxygen atoms in total. The van der Waals surface area contributed by atoms with Crippen molar-refractivity contribution < 1.29 is 9.90 Å². The molecule has 1 amide bonds. The molecule has 0 aromatic carbocycles. The molecule has 1 heterocycles. The van der Waals surface area contributed by atoms with E-state index >= 15 is 0 Å². The second-order valence-electron chi connectivity index (χ2n) is 7.15. The fourth-order valence-electron chi connectivity index (χ4n) is 3.33. The molecule has 5 heteroatoms. The lowest BCUT2D eigenvalue weighted by atomic mass is 9.86. The summed E-state index contributed by atoms with van der Waals surface area (Å²) in [5, 5.41) is 10.1. The van der Waals surface area contributed by atoms with Crippen LogP contribution in [-0.4, -0.2) is 40.6 Å². The maximum absolute atomic E-state index is 12.6. The van der Waals surface area contributed by atoms with Gasteiger partial charge in [0.15, 0.2) is 0 Å². The Hall–Kier alpha value is -1.62. The smallest absolute Gasteiger partial charge is 0.253 e. The molecular weight excluding hydrogens is 292 g/mol. The van der Waals surface area contributed by atoms with Gasteiger partial charge in [0.05, 0.1) is 6.10 Å². The fraction of sp³-hybridized carbons (Fsp3) is 0.667. The highest BCUT2D eigenvalue weighted by atomic mass is 16.3. The molecule has 1 aliphatic rings. The lowest BCUT2D eigenvalue weighted by Crippen LogP contribution is -2.38. The van der Waals surface area contributed by atoms with Crippen molar-refractivity contribution in [2.24, 2.45) is 11.8 Å². The van der Waals surface area contributed by atoms with Crippen molar-refractivity contribution in [3.63, 3.8) is 0 Å². The molecule has 23 heavy (non-hydrogen) atoms. The Balaban J connectivity index is 2.09. The van der Waals surface area contributed by atoms with E-state index in [1.807, 2.05) is 0 Å². The van der Waals surface area contributed by atoms with Gasteiger partial charge in [0, 0.05) is 36.8 Å². The van der Waals surface area contributed by atoms with Crippen LogP contribution in [0.3, 0.4) is 0 Å². The van der Waals surface area contributed by atoms with Gasteiger partial charge in [0.2, 0.25) is 5.56 Å². The van der Waals surface area contributed by atoms with Crippen molar-refractivity contribution in [2.45, 2.75) is 52.1 Å². The summed E-state index contributed by atoms with van der Waals surface area (Å²) in [4.78, 5) is 28.8. The van der Waals surface area contributed by atoms with Crippen LogP contribution >= 0.6 is 0 Å². The van der Waals surface area contributed by atoms with Gasteiger partial charge in [-0.15, -0.1) is 0 Å². The van der Waals surface area contributed by atoms with Crippen molar-refractivity contribution in [1.29, 1.82) is 0 Å². The number of H-pyrrole nitrogens is 1. The fourth-order valence-corrected chi connectivity index (χ4v) is 3.33. The third-order valence-electron chi connectivity index (χ3n) is 4.50. The van der Waals surface area contributed by atoms with Gasteiger partial charge < -0.3 is 15.0 Å². The molecular formula is C18H28N2O3. The first kappa shape index (κ1) is 17.7. The zero-order valence-electron chi connectivity index (χ0n) is 14.3. The zero-order chi connectivity index (χ0) is 17.0. The van der Waals surface area contributed by atoms with Gasteiger partial charge in [-0.3, -0.25) is 9.59 Å². The molecule has 2 N–H and O–H groups in total. The van der Waals surface area contributed by atoms with E-state index in [2.05, 4.69) is 18.8 Å². The molecule has 0 saturated heterocycles. The Morgan fingerprint density at radius 1 is 1.35 bits per heavy atom. The number of aliphatic hydroxyl groups is 1.